The highest BCUT2D eigenvalue weighted by Crippen LogP contribution is 2.46. The summed E-state index contributed by atoms with van der Waals surface area (Å²) in [5, 5.41) is 5.56. The smallest absolute Gasteiger partial charge is 0.338 e. The Kier molecular flexibility index (Phi) is 8.50. The lowest BCUT2D eigenvalue weighted by Crippen LogP contribution is -2.38. The van der Waals surface area contributed by atoms with E-state index in [1.165, 1.54) is 11.8 Å². The van der Waals surface area contributed by atoms with E-state index in [4.69, 9.17) is 14.2 Å². The topological polar surface area (TPSA) is 102 Å². The first-order valence-corrected chi connectivity index (χ1v) is 12.8. The van der Waals surface area contributed by atoms with Gasteiger partial charge in [-0.1, -0.05) is 17.8 Å². The van der Waals surface area contributed by atoms with Gasteiger partial charge in [0.15, 0.2) is 5.17 Å². The van der Waals surface area contributed by atoms with Crippen molar-refractivity contribution in [2.75, 3.05) is 27.4 Å². The van der Waals surface area contributed by atoms with Gasteiger partial charge in [-0.05, 0) is 49.1 Å². The van der Waals surface area contributed by atoms with Gasteiger partial charge in [-0.25, -0.2) is 9.79 Å². The van der Waals surface area contributed by atoms with Gasteiger partial charge < -0.3 is 24.4 Å². The molecule has 0 fully saturated rings. The van der Waals surface area contributed by atoms with Gasteiger partial charge in [0.25, 0.3) is 0 Å². The number of hydrogen-bond acceptors (Lipinski definition) is 9. The number of amides is 1. The van der Waals surface area contributed by atoms with E-state index in [-0.39, 0.29) is 18.9 Å². The first-order chi connectivity index (χ1) is 17.9. The van der Waals surface area contributed by atoms with Gasteiger partial charge in [-0.15, -0.1) is 0 Å². The number of rotatable bonds is 10. The number of carbonyl (C=O) groups is 2. The minimum atomic E-state index is -0.571. The third kappa shape index (κ3) is 5.96. The second-order valence-corrected chi connectivity index (χ2v) is 9.19. The standard InChI is InChI=1S/C27H30N4O5S/c1-5-36-26(33)24-17(2)30-27-31(25(24)18-12-21(34-3)15-22(13-18)35-4)20(16-37-27)14-23(32)29-11-9-19-8-6-7-10-28-19/h6-8,10,12-13,15-16,25H,5,9,11,14H2,1-4H3,(H,29,32)/t25-/m1/s1. The highest BCUT2D eigenvalue weighted by atomic mass is 32.2. The summed E-state index contributed by atoms with van der Waals surface area (Å²) in [5.74, 6) is 0.591. The number of thioether (sulfide) groups is 1. The molecule has 3 heterocycles. The summed E-state index contributed by atoms with van der Waals surface area (Å²) >= 11 is 1.42. The highest BCUT2D eigenvalue weighted by Gasteiger charge is 2.41. The molecule has 10 heteroatoms. The maximum atomic E-state index is 13.1. The fourth-order valence-corrected chi connectivity index (χ4v) is 5.21. The molecule has 0 aliphatic carbocycles. The third-order valence-corrected chi connectivity index (χ3v) is 6.85. The number of fused-ring (bicyclic) bond motifs is 1. The number of ether oxygens (including phenoxy) is 3. The van der Waals surface area contributed by atoms with E-state index in [1.807, 2.05) is 40.6 Å². The first kappa shape index (κ1) is 26.3. The van der Waals surface area contributed by atoms with Gasteiger partial charge in [0.05, 0.1) is 44.6 Å². The van der Waals surface area contributed by atoms with Gasteiger partial charge in [0, 0.05) is 36.6 Å². The Morgan fingerprint density at radius 3 is 2.54 bits per heavy atom. The Balaban J connectivity index is 1.62. The summed E-state index contributed by atoms with van der Waals surface area (Å²) in [6.07, 6.45) is 2.50. The van der Waals surface area contributed by atoms with E-state index < -0.39 is 12.0 Å². The van der Waals surface area contributed by atoms with Crippen molar-refractivity contribution in [1.82, 2.24) is 15.2 Å². The molecule has 0 radical (unpaired) electrons. The molecule has 1 atom stereocenters. The summed E-state index contributed by atoms with van der Waals surface area (Å²) in [7, 11) is 3.15. The minimum Gasteiger partial charge on any atom is -0.497 e. The molecule has 1 N–H and O–H groups in total. The molecule has 1 amide bonds. The molecular weight excluding hydrogens is 492 g/mol. The molecule has 4 rings (SSSR count). The van der Waals surface area contributed by atoms with Crippen LogP contribution in [0.5, 0.6) is 11.5 Å². The summed E-state index contributed by atoms with van der Waals surface area (Å²) in [4.78, 5) is 36.9. The zero-order valence-corrected chi connectivity index (χ0v) is 22.1. The van der Waals surface area contributed by atoms with Crippen LogP contribution >= 0.6 is 11.8 Å². The monoisotopic (exact) mass is 522 g/mol. The molecule has 2 aliphatic heterocycles. The fourth-order valence-electron chi connectivity index (χ4n) is 4.25. The van der Waals surface area contributed by atoms with Crippen molar-refractivity contribution in [3.05, 3.63) is 76.2 Å². The lowest BCUT2D eigenvalue weighted by atomic mass is 9.93. The second-order valence-electron chi connectivity index (χ2n) is 8.36. The number of nitrogens with one attached hydrogen (secondary N) is 1. The van der Waals surface area contributed by atoms with Gasteiger partial charge >= 0.3 is 5.97 Å². The lowest BCUT2D eigenvalue weighted by Gasteiger charge is -2.36. The molecule has 0 spiro atoms. The number of allylic oxidation sites excluding steroid dienone is 1. The Morgan fingerprint density at radius 1 is 1.14 bits per heavy atom. The molecule has 9 nitrogen and oxygen atoms in total. The average molecular weight is 523 g/mol. The molecule has 1 aromatic heterocycles. The summed E-state index contributed by atoms with van der Waals surface area (Å²) in [6.45, 7) is 4.27. The van der Waals surface area contributed by atoms with E-state index in [9.17, 15) is 9.59 Å². The number of benzene rings is 1. The lowest BCUT2D eigenvalue weighted by molar-refractivity contribution is -0.139. The van der Waals surface area contributed by atoms with E-state index in [0.717, 1.165) is 17.0 Å². The van der Waals surface area contributed by atoms with Crippen LogP contribution in [0.25, 0.3) is 0 Å². The van der Waals surface area contributed by atoms with Gasteiger partial charge in [-0.3, -0.25) is 9.78 Å². The summed E-state index contributed by atoms with van der Waals surface area (Å²) in [5.41, 5.74) is 3.38. The van der Waals surface area contributed by atoms with Crippen LogP contribution in [0.3, 0.4) is 0 Å². The molecule has 0 unspecified atom stereocenters. The SMILES string of the molecule is CCOC(=O)C1=C(C)N=C2SC=C(CC(=O)NCCc3ccccn3)N2[C@@H]1c1cc(OC)cc(OC)c1. The minimum absolute atomic E-state index is 0.126. The van der Waals surface area contributed by atoms with Crippen molar-refractivity contribution in [2.45, 2.75) is 32.7 Å². The fraction of sp³-hybridized carbons (Fsp3) is 0.333. The molecule has 0 bridgehead atoms. The number of methoxy groups -OCH3 is 2. The number of esters is 1. The van der Waals surface area contributed by atoms with Crippen molar-refractivity contribution in [1.29, 1.82) is 0 Å². The predicted octanol–water partition coefficient (Wildman–Crippen LogP) is 3.99. The molecular formula is C27H30N4O5S. The number of hydrogen-bond donors (Lipinski definition) is 1. The molecule has 2 aromatic rings. The van der Waals surface area contributed by atoms with E-state index in [2.05, 4.69) is 15.3 Å². The molecule has 37 heavy (non-hydrogen) atoms. The van der Waals surface area contributed by atoms with Gasteiger partial charge in [0.2, 0.25) is 5.91 Å². The summed E-state index contributed by atoms with van der Waals surface area (Å²) in [6, 6.07) is 10.6. The maximum absolute atomic E-state index is 13.1. The van der Waals surface area contributed by atoms with Crippen molar-refractivity contribution < 1.29 is 23.8 Å². The number of aliphatic imine (C=N–C) groups is 1. The van der Waals surface area contributed by atoms with Crippen LogP contribution in [0.2, 0.25) is 0 Å². The van der Waals surface area contributed by atoms with Gasteiger partial charge in [0.1, 0.15) is 11.5 Å². The van der Waals surface area contributed by atoms with Crippen LogP contribution < -0.4 is 14.8 Å². The predicted molar refractivity (Wildman–Crippen MR) is 142 cm³/mol. The Hall–Kier alpha value is -3.79. The largest absolute Gasteiger partial charge is 0.497 e. The van der Waals surface area contributed by atoms with Crippen LogP contribution in [-0.2, 0) is 20.7 Å². The Morgan fingerprint density at radius 2 is 1.89 bits per heavy atom. The Labute approximate surface area is 220 Å². The number of nitrogens with zero attached hydrogens (tertiary/aromatic N) is 3. The number of amidine groups is 1. The van der Waals surface area contributed by atoms with E-state index in [1.54, 1.807) is 40.3 Å². The molecule has 0 saturated carbocycles. The van der Waals surface area contributed by atoms with Crippen molar-refractivity contribution in [2.24, 2.45) is 4.99 Å². The molecule has 2 aliphatic rings. The normalized spacial score (nSPS) is 16.5. The zero-order valence-electron chi connectivity index (χ0n) is 21.3. The van der Waals surface area contributed by atoms with E-state index >= 15 is 0 Å². The Bertz CT molecular complexity index is 1240. The van der Waals surface area contributed by atoms with Crippen molar-refractivity contribution in [3.8, 4) is 11.5 Å². The van der Waals surface area contributed by atoms with Crippen LogP contribution in [0.4, 0.5) is 0 Å². The number of pyridine rings is 1. The molecule has 0 saturated heterocycles. The number of carbonyl (C=O) groups excluding carboxylic acids is 2. The van der Waals surface area contributed by atoms with Crippen LogP contribution in [0.1, 0.15) is 37.6 Å². The second kappa shape index (κ2) is 12.0. The van der Waals surface area contributed by atoms with Gasteiger partial charge in [-0.2, -0.15) is 0 Å². The molecule has 194 valence electrons. The molecule has 1 aromatic carbocycles. The van der Waals surface area contributed by atoms with E-state index in [0.29, 0.717) is 40.9 Å². The third-order valence-electron chi connectivity index (χ3n) is 5.96. The zero-order chi connectivity index (χ0) is 26.4. The quantitative estimate of drug-likeness (QED) is 0.468. The van der Waals surface area contributed by atoms with Crippen molar-refractivity contribution in [3.63, 3.8) is 0 Å². The first-order valence-electron chi connectivity index (χ1n) is 12.0. The van der Waals surface area contributed by atoms with Crippen LogP contribution in [0, 0.1) is 0 Å². The number of aromatic nitrogens is 1. The van der Waals surface area contributed by atoms with Crippen LogP contribution in [-0.4, -0.2) is 54.3 Å². The van der Waals surface area contributed by atoms with Crippen molar-refractivity contribution >= 4 is 28.8 Å². The average Bonchev–Trinajstić information content (AvgIpc) is 3.29. The highest BCUT2D eigenvalue weighted by molar-refractivity contribution is 8.16. The summed E-state index contributed by atoms with van der Waals surface area (Å²) < 4.78 is 16.4. The van der Waals surface area contributed by atoms with Crippen LogP contribution in [0.15, 0.2) is 70.0 Å². The maximum Gasteiger partial charge on any atom is 0.338 e.